The van der Waals surface area contributed by atoms with E-state index in [-0.39, 0.29) is 16.7 Å². The molecule has 0 saturated carbocycles. The molecule has 33 heavy (non-hydrogen) atoms. The highest BCUT2D eigenvalue weighted by Gasteiger charge is 2.35. The van der Waals surface area contributed by atoms with Crippen molar-refractivity contribution in [3.8, 4) is 11.1 Å². The average molecular weight is 483 g/mol. The summed E-state index contributed by atoms with van der Waals surface area (Å²) < 4.78 is 55.4. The van der Waals surface area contributed by atoms with Crippen molar-refractivity contribution in [2.45, 2.75) is 24.3 Å². The third-order valence-electron chi connectivity index (χ3n) is 5.54. The number of hydrogen-bond acceptors (Lipinski definition) is 2. The Morgan fingerprint density at radius 3 is 1.64 bits per heavy atom. The molecule has 0 heterocycles. The maximum absolute atomic E-state index is 15.0. The van der Waals surface area contributed by atoms with E-state index < -0.39 is 12.7 Å². The summed E-state index contributed by atoms with van der Waals surface area (Å²) in [7, 11) is -3.39. The summed E-state index contributed by atoms with van der Waals surface area (Å²) in [6.45, 7) is 3.65. The number of halogens is 3. The number of benzene rings is 4. The van der Waals surface area contributed by atoms with Crippen molar-refractivity contribution in [3.63, 3.8) is 0 Å². The minimum absolute atomic E-state index is 0.103. The van der Waals surface area contributed by atoms with Gasteiger partial charge in [0.1, 0.15) is 0 Å². The number of aryl methyl sites for hydroxylation is 2. The van der Waals surface area contributed by atoms with Gasteiger partial charge in [0.2, 0.25) is 0 Å². The fraction of sp³-hybridized carbons (Fsp3) is 0.111. The first-order valence-electron chi connectivity index (χ1n) is 10.4. The minimum Gasteiger partial charge on any atom is -0.309 e. The van der Waals surface area contributed by atoms with E-state index in [4.69, 9.17) is 0 Å². The third-order valence-corrected chi connectivity index (χ3v) is 9.43. The van der Waals surface area contributed by atoms with E-state index in [1.807, 2.05) is 79.7 Å². The predicted octanol–water partition coefficient (Wildman–Crippen LogP) is 7.22. The Kier molecular flexibility index (Phi) is 6.56. The summed E-state index contributed by atoms with van der Waals surface area (Å²) in [6.07, 6.45) is 0. The molecular formula is C27H22F3OPS. The van der Waals surface area contributed by atoms with E-state index in [2.05, 4.69) is 0 Å². The Morgan fingerprint density at radius 2 is 1.12 bits per heavy atom. The second-order valence-electron chi connectivity index (χ2n) is 7.75. The molecule has 0 amide bonds. The molecular weight excluding hydrogens is 460 g/mol. The molecule has 4 aromatic rings. The molecule has 0 N–H and O–H groups in total. The van der Waals surface area contributed by atoms with Crippen molar-refractivity contribution < 1.29 is 17.7 Å². The molecule has 0 aliphatic rings. The fourth-order valence-corrected chi connectivity index (χ4v) is 7.81. The minimum atomic E-state index is -4.44. The van der Waals surface area contributed by atoms with Gasteiger partial charge in [-0.3, -0.25) is 0 Å². The van der Waals surface area contributed by atoms with E-state index in [0.29, 0.717) is 32.6 Å². The molecule has 4 aromatic carbocycles. The van der Waals surface area contributed by atoms with Gasteiger partial charge in [-0.25, -0.2) is 0 Å². The fourth-order valence-electron chi connectivity index (χ4n) is 4.11. The van der Waals surface area contributed by atoms with Crippen LogP contribution in [0.2, 0.25) is 0 Å². The molecule has 0 fully saturated rings. The Bertz CT molecular complexity index is 1280. The van der Waals surface area contributed by atoms with Crippen molar-refractivity contribution in [2.75, 3.05) is 0 Å². The second kappa shape index (κ2) is 9.24. The van der Waals surface area contributed by atoms with E-state index in [1.165, 1.54) is 6.07 Å². The van der Waals surface area contributed by atoms with Crippen LogP contribution in [0.3, 0.4) is 0 Å². The summed E-state index contributed by atoms with van der Waals surface area (Å²) in [5.41, 5.74) is -1.89. The quantitative estimate of drug-likeness (QED) is 0.221. The number of alkyl halides is 3. The lowest BCUT2D eigenvalue weighted by atomic mass is 9.96. The van der Waals surface area contributed by atoms with Gasteiger partial charge in [-0.05, 0) is 53.9 Å². The Labute approximate surface area is 196 Å². The molecule has 0 bridgehead atoms. The average Bonchev–Trinajstić information content (AvgIpc) is 2.79. The van der Waals surface area contributed by atoms with Crippen LogP contribution in [0.4, 0.5) is 13.2 Å². The maximum Gasteiger partial charge on any atom is 0.446 e. The van der Waals surface area contributed by atoms with Crippen LogP contribution < -0.4 is 15.9 Å². The van der Waals surface area contributed by atoms with E-state index >= 15 is 4.57 Å². The molecule has 0 radical (unpaired) electrons. The van der Waals surface area contributed by atoms with Crippen LogP contribution in [0.5, 0.6) is 0 Å². The lowest BCUT2D eigenvalue weighted by Crippen LogP contribution is -2.27. The van der Waals surface area contributed by atoms with Crippen molar-refractivity contribution in [1.29, 1.82) is 0 Å². The largest absolute Gasteiger partial charge is 0.446 e. The third kappa shape index (κ3) is 4.66. The molecule has 0 aromatic heterocycles. The topological polar surface area (TPSA) is 17.1 Å². The first-order valence-corrected chi connectivity index (χ1v) is 12.9. The van der Waals surface area contributed by atoms with Crippen LogP contribution in [-0.2, 0) is 4.57 Å². The summed E-state index contributed by atoms with van der Waals surface area (Å²) in [5, 5.41) is 1.82. The van der Waals surface area contributed by atoms with Gasteiger partial charge in [-0.2, -0.15) is 13.2 Å². The SMILES string of the molecule is Cc1cccc(SC(F)(F)F)c1-c1c(C)cccc1P(=O)(c1ccccc1)c1ccccc1. The molecule has 168 valence electrons. The Balaban J connectivity index is 2.09. The van der Waals surface area contributed by atoms with Gasteiger partial charge in [-0.1, -0.05) is 91.0 Å². The van der Waals surface area contributed by atoms with Gasteiger partial charge in [0.15, 0.2) is 7.14 Å². The molecule has 0 aliphatic carbocycles. The summed E-state index contributed by atoms with van der Waals surface area (Å²) >= 11 is -0.134. The van der Waals surface area contributed by atoms with Crippen molar-refractivity contribution >= 4 is 34.8 Å². The monoisotopic (exact) mass is 482 g/mol. The normalized spacial score (nSPS) is 12.0. The van der Waals surface area contributed by atoms with E-state index in [1.54, 1.807) is 25.1 Å². The lowest BCUT2D eigenvalue weighted by molar-refractivity contribution is -0.0328. The van der Waals surface area contributed by atoms with Gasteiger partial charge in [-0.15, -0.1) is 0 Å². The summed E-state index contributed by atoms with van der Waals surface area (Å²) in [4.78, 5) is 0.103. The number of rotatable bonds is 5. The van der Waals surface area contributed by atoms with Crippen molar-refractivity contribution in [1.82, 2.24) is 0 Å². The molecule has 6 heteroatoms. The molecule has 0 unspecified atom stereocenters. The van der Waals surface area contributed by atoms with Gasteiger partial charge in [0, 0.05) is 20.8 Å². The molecule has 1 nitrogen and oxygen atoms in total. The lowest BCUT2D eigenvalue weighted by Gasteiger charge is -2.26. The Hall–Kier alpha value is -2.75. The zero-order chi connectivity index (χ0) is 23.6. The summed E-state index contributed by atoms with van der Waals surface area (Å²) in [5.74, 6) is 0. The number of hydrogen-bond donors (Lipinski definition) is 0. The van der Waals surface area contributed by atoms with Crippen LogP contribution in [0.1, 0.15) is 11.1 Å². The zero-order valence-electron chi connectivity index (χ0n) is 18.1. The van der Waals surface area contributed by atoms with Gasteiger partial charge in [0.05, 0.1) is 0 Å². The van der Waals surface area contributed by atoms with Crippen molar-refractivity contribution in [2.24, 2.45) is 0 Å². The highest BCUT2D eigenvalue weighted by Crippen LogP contribution is 2.49. The molecule has 0 atom stereocenters. The van der Waals surface area contributed by atoms with Crippen molar-refractivity contribution in [3.05, 3.63) is 108 Å². The molecule has 4 rings (SSSR count). The first kappa shape index (κ1) is 23.4. The first-order chi connectivity index (χ1) is 15.7. The van der Waals surface area contributed by atoms with Crippen LogP contribution in [0, 0.1) is 13.8 Å². The van der Waals surface area contributed by atoms with Gasteiger partial charge in [0.25, 0.3) is 0 Å². The molecule has 0 aliphatic heterocycles. The highest BCUT2D eigenvalue weighted by atomic mass is 32.2. The number of thioether (sulfide) groups is 1. The predicted molar refractivity (Wildman–Crippen MR) is 133 cm³/mol. The van der Waals surface area contributed by atoms with Crippen LogP contribution in [0.25, 0.3) is 11.1 Å². The second-order valence-corrected chi connectivity index (χ2v) is 11.6. The summed E-state index contributed by atoms with van der Waals surface area (Å²) in [6, 6.07) is 28.7. The van der Waals surface area contributed by atoms with E-state index in [0.717, 1.165) is 5.56 Å². The zero-order valence-corrected chi connectivity index (χ0v) is 19.8. The molecule has 0 spiro atoms. The standard InChI is InChI=1S/C27H22F3OPS/c1-19-11-9-17-23(25(19)26-20(2)12-10-18-24(26)33-27(28,29)30)32(31,21-13-5-3-6-14-21)22-15-7-4-8-16-22/h3-18H,1-2H3. The Morgan fingerprint density at radius 1 is 0.636 bits per heavy atom. The highest BCUT2D eigenvalue weighted by molar-refractivity contribution is 8.00. The smallest absolute Gasteiger partial charge is 0.309 e. The van der Waals surface area contributed by atoms with Gasteiger partial charge >= 0.3 is 5.51 Å². The van der Waals surface area contributed by atoms with Crippen LogP contribution in [-0.4, -0.2) is 5.51 Å². The van der Waals surface area contributed by atoms with Gasteiger partial charge < -0.3 is 4.57 Å². The van der Waals surface area contributed by atoms with Crippen LogP contribution >= 0.6 is 18.9 Å². The molecule has 0 saturated heterocycles. The maximum atomic E-state index is 15.0. The van der Waals surface area contributed by atoms with E-state index in [9.17, 15) is 13.2 Å². The van der Waals surface area contributed by atoms with Crippen LogP contribution in [0.15, 0.2) is 102 Å².